The van der Waals surface area contributed by atoms with E-state index in [1.165, 1.54) is 29.5 Å². The minimum Gasteiger partial charge on any atom is -0.497 e. The van der Waals surface area contributed by atoms with Gasteiger partial charge in [0.1, 0.15) is 5.75 Å². The lowest BCUT2D eigenvalue weighted by atomic mass is 9.80. The zero-order valence-electron chi connectivity index (χ0n) is 12.9. The largest absolute Gasteiger partial charge is 0.497 e. The Balaban J connectivity index is 1.82. The van der Waals surface area contributed by atoms with Gasteiger partial charge in [0, 0.05) is 17.6 Å². The monoisotopic (exact) mass is 294 g/mol. The van der Waals surface area contributed by atoms with E-state index < -0.39 is 0 Å². The van der Waals surface area contributed by atoms with E-state index in [1.54, 1.807) is 7.11 Å². The van der Waals surface area contributed by atoms with Crippen LogP contribution in [0.1, 0.15) is 41.5 Å². The van der Waals surface area contributed by atoms with Crippen LogP contribution in [0.4, 0.5) is 5.69 Å². The van der Waals surface area contributed by atoms with Crippen LogP contribution in [0.2, 0.25) is 0 Å². The van der Waals surface area contributed by atoms with Gasteiger partial charge in [-0.15, -0.1) is 0 Å². The maximum atomic E-state index is 5.86. The smallest absolute Gasteiger partial charge is 0.119 e. The third kappa shape index (κ3) is 2.08. The van der Waals surface area contributed by atoms with Gasteiger partial charge in [0.25, 0.3) is 0 Å². The highest BCUT2D eigenvalue weighted by Crippen LogP contribution is 2.52. The summed E-state index contributed by atoms with van der Waals surface area (Å²) in [5.74, 6) is 2.03. The molecule has 0 radical (unpaired) electrons. The Kier molecular flexibility index (Phi) is 3.30. The van der Waals surface area contributed by atoms with Crippen LogP contribution in [0.25, 0.3) is 0 Å². The number of ether oxygens (including phenoxy) is 1. The van der Waals surface area contributed by atoms with Crippen molar-refractivity contribution in [2.45, 2.75) is 24.8 Å². The van der Waals surface area contributed by atoms with Gasteiger partial charge in [-0.3, -0.25) is 0 Å². The Morgan fingerprint density at radius 1 is 1.09 bits per heavy atom. The maximum absolute atomic E-state index is 5.86. The maximum Gasteiger partial charge on any atom is 0.119 e. The summed E-state index contributed by atoms with van der Waals surface area (Å²) in [6, 6.07) is 15.4. The number of hydrogen-bond acceptors (Lipinski definition) is 3. The molecule has 0 bridgehead atoms. The molecule has 4 rings (SSSR count). The number of nitrogen functional groups attached to an aromatic ring is 1. The van der Waals surface area contributed by atoms with Crippen molar-refractivity contribution in [2.75, 3.05) is 19.4 Å². The molecule has 2 aromatic rings. The Morgan fingerprint density at radius 2 is 1.91 bits per heavy atom. The van der Waals surface area contributed by atoms with Crippen LogP contribution in [0.15, 0.2) is 42.5 Å². The van der Waals surface area contributed by atoms with Gasteiger partial charge >= 0.3 is 0 Å². The van der Waals surface area contributed by atoms with Crippen LogP contribution in [0, 0.1) is 5.92 Å². The number of nitrogens with two attached hydrogens (primary N) is 1. The molecule has 114 valence electrons. The second kappa shape index (κ2) is 5.33. The molecule has 0 amide bonds. The summed E-state index contributed by atoms with van der Waals surface area (Å²) in [6.07, 6.45) is 2.52. The molecule has 22 heavy (non-hydrogen) atoms. The molecule has 0 spiro atoms. The van der Waals surface area contributed by atoms with E-state index in [-0.39, 0.29) is 0 Å². The van der Waals surface area contributed by atoms with E-state index in [9.17, 15) is 0 Å². The van der Waals surface area contributed by atoms with Crippen LogP contribution in [-0.4, -0.2) is 13.7 Å². The van der Waals surface area contributed by atoms with Crippen LogP contribution < -0.4 is 15.8 Å². The molecule has 3 N–H and O–H groups in total. The highest BCUT2D eigenvalue weighted by molar-refractivity contribution is 5.51. The third-order valence-electron chi connectivity index (χ3n) is 5.19. The lowest BCUT2D eigenvalue weighted by Crippen LogP contribution is -2.32. The molecule has 3 atom stereocenters. The van der Waals surface area contributed by atoms with Gasteiger partial charge < -0.3 is 15.8 Å². The molecule has 0 saturated carbocycles. The van der Waals surface area contributed by atoms with Gasteiger partial charge in [0.2, 0.25) is 0 Å². The minimum absolute atomic E-state index is 0.446. The summed E-state index contributed by atoms with van der Waals surface area (Å²) in [5, 5.41) is 3.72. The topological polar surface area (TPSA) is 47.3 Å². The van der Waals surface area contributed by atoms with Gasteiger partial charge in [-0.25, -0.2) is 0 Å². The van der Waals surface area contributed by atoms with Gasteiger partial charge in [-0.2, -0.15) is 0 Å². The van der Waals surface area contributed by atoms with E-state index >= 15 is 0 Å². The first kappa shape index (κ1) is 13.6. The number of fused-ring (bicyclic) bond motifs is 3. The zero-order chi connectivity index (χ0) is 15.1. The second-order valence-electron chi connectivity index (χ2n) is 6.38. The van der Waals surface area contributed by atoms with Gasteiger partial charge in [0.15, 0.2) is 0 Å². The standard InChI is InChI=1S/C19H22N2O/c1-22-14-8-9-15-17(11-14)19-16(3-2-10-21-19)18(15)12-4-6-13(20)7-5-12/h4-9,11,16,18-19,21H,2-3,10,20H2,1H3. The Morgan fingerprint density at radius 3 is 2.68 bits per heavy atom. The molecule has 1 saturated heterocycles. The van der Waals surface area contributed by atoms with Crippen molar-refractivity contribution in [3.63, 3.8) is 0 Å². The first-order valence-electron chi connectivity index (χ1n) is 8.04. The zero-order valence-corrected chi connectivity index (χ0v) is 12.9. The number of methoxy groups -OCH3 is 1. The lowest BCUT2D eigenvalue weighted by molar-refractivity contribution is 0.286. The van der Waals surface area contributed by atoms with Gasteiger partial charge in [-0.05, 0) is 66.3 Å². The molecule has 1 fully saturated rings. The molecule has 1 aliphatic carbocycles. The van der Waals surface area contributed by atoms with Crippen molar-refractivity contribution in [3.8, 4) is 5.75 Å². The molecule has 2 aliphatic rings. The molecular formula is C19H22N2O. The summed E-state index contributed by atoms with van der Waals surface area (Å²) in [6.45, 7) is 1.10. The van der Waals surface area contributed by atoms with Crippen molar-refractivity contribution in [1.82, 2.24) is 5.32 Å². The van der Waals surface area contributed by atoms with Crippen molar-refractivity contribution in [1.29, 1.82) is 0 Å². The average Bonchev–Trinajstić information content (AvgIpc) is 2.89. The number of rotatable bonds is 2. The highest BCUT2D eigenvalue weighted by atomic mass is 16.5. The predicted octanol–water partition coefficient (Wildman–Crippen LogP) is 3.46. The summed E-state index contributed by atoms with van der Waals surface area (Å²) in [7, 11) is 1.74. The normalized spacial score (nSPS) is 26.3. The van der Waals surface area contributed by atoms with Crippen LogP contribution in [-0.2, 0) is 0 Å². The van der Waals surface area contributed by atoms with E-state index in [2.05, 4.69) is 35.6 Å². The first-order valence-corrected chi connectivity index (χ1v) is 8.04. The predicted molar refractivity (Wildman–Crippen MR) is 89.2 cm³/mol. The summed E-state index contributed by atoms with van der Waals surface area (Å²) >= 11 is 0. The minimum atomic E-state index is 0.446. The number of benzene rings is 2. The van der Waals surface area contributed by atoms with Crippen molar-refractivity contribution in [2.24, 2.45) is 5.92 Å². The van der Waals surface area contributed by atoms with Crippen LogP contribution in [0.3, 0.4) is 0 Å². The molecular weight excluding hydrogens is 272 g/mol. The average molecular weight is 294 g/mol. The fourth-order valence-corrected chi connectivity index (χ4v) is 4.21. The van der Waals surface area contributed by atoms with Gasteiger partial charge in [-0.1, -0.05) is 18.2 Å². The van der Waals surface area contributed by atoms with E-state index in [0.29, 0.717) is 17.9 Å². The number of anilines is 1. The summed E-state index contributed by atoms with van der Waals surface area (Å²) in [5.41, 5.74) is 10.9. The van der Waals surface area contributed by atoms with Crippen LogP contribution >= 0.6 is 0 Å². The molecule has 1 heterocycles. The first-order chi connectivity index (χ1) is 10.8. The van der Waals surface area contributed by atoms with E-state index in [0.717, 1.165) is 18.0 Å². The summed E-state index contributed by atoms with van der Waals surface area (Å²) < 4.78 is 5.43. The number of nitrogens with one attached hydrogen (secondary N) is 1. The molecule has 3 unspecified atom stereocenters. The Bertz CT molecular complexity index is 680. The van der Waals surface area contributed by atoms with Crippen molar-refractivity contribution in [3.05, 3.63) is 59.2 Å². The Labute approximate surface area is 131 Å². The fourth-order valence-electron chi connectivity index (χ4n) is 4.21. The number of hydrogen-bond donors (Lipinski definition) is 2. The second-order valence-corrected chi connectivity index (χ2v) is 6.38. The summed E-state index contributed by atoms with van der Waals surface area (Å²) in [4.78, 5) is 0. The van der Waals surface area contributed by atoms with Crippen molar-refractivity contribution < 1.29 is 4.74 Å². The SMILES string of the molecule is COc1ccc2c(c1)C1NCCCC1C2c1ccc(N)cc1. The fraction of sp³-hybridized carbons (Fsp3) is 0.368. The van der Waals surface area contributed by atoms with Gasteiger partial charge in [0.05, 0.1) is 7.11 Å². The van der Waals surface area contributed by atoms with E-state index in [4.69, 9.17) is 10.5 Å². The van der Waals surface area contributed by atoms with E-state index in [1.807, 2.05) is 12.1 Å². The molecule has 2 aromatic carbocycles. The van der Waals surface area contributed by atoms with Crippen LogP contribution in [0.5, 0.6) is 5.75 Å². The number of piperidine rings is 1. The Hall–Kier alpha value is -2.00. The quantitative estimate of drug-likeness (QED) is 0.834. The third-order valence-corrected chi connectivity index (χ3v) is 5.19. The highest BCUT2D eigenvalue weighted by Gasteiger charge is 2.42. The molecule has 3 heteroatoms. The molecule has 0 aromatic heterocycles. The lowest BCUT2D eigenvalue weighted by Gasteiger charge is -2.31. The van der Waals surface area contributed by atoms with Crippen molar-refractivity contribution >= 4 is 5.69 Å². The molecule has 1 aliphatic heterocycles. The molecule has 3 nitrogen and oxygen atoms in total.